The van der Waals surface area contributed by atoms with Crippen LogP contribution >= 0.6 is 0 Å². The topological polar surface area (TPSA) is 9.23 Å². The number of allylic oxidation sites excluding steroid dienone is 3. The third-order valence-corrected chi connectivity index (χ3v) is 2.28. The fourth-order valence-electron chi connectivity index (χ4n) is 1.22. The second-order valence-corrected chi connectivity index (χ2v) is 4.30. The van der Waals surface area contributed by atoms with Crippen LogP contribution in [0.3, 0.4) is 0 Å². The van der Waals surface area contributed by atoms with Gasteiger partial charge in [0.15, 0.2) is 0 Å². The zero-order valence-corrected chi connectivity index (χ0v) is 10.8. The maximum Gasteiger partial charge on any atom is 0.0649 e. The minimum absolute atomic E-state index is 0.778. The lowest BCUT2D eigenvalue weighted by Crippen LogP contribution is -1.94. The molecule has 0 heterocycles. The molecular formula is C14H26O. The molecule has 0 spiro atoms. The molecular weight excluding hydrogens is 184 g/mol. The van der Waals surface area contributed by atoms with Crippen LogP contribution in [0.25, 0.3) is 0 Å². The highest BCUT2D eigenvalue weighted by atomic mass is 16.5. The molecule has 0 aromatic rings. The summed E-state index contributed by atoms with van der Waals surface area (Å²) in [7, 11) is 0. The first-order valence-electron chi connectivity index (χ1n) is 6.03. The Hall–Kier alpha value is -0.560. The normalized spacial score (nSPS) is 11.6. The molecule has 1 heteroatoms. The third-order valence-electron chi connectivity index (χ3n) is 2.28. The van der Waals surface area contributed by atoms with E-state index in [1.165, 1.54) is 24.0 Å². The lowest BCUT2D eigenvalue weighted by Gasteiger charge is -2.01. The highest BCUT2D eigenvalue weighted by Gasteiger charge is 1.89. The molecule has 0 aliphatic rings. The fraction of sp³-hybridized carbons (Fsp3) is 0.714. The van der Waals surface area contributed by atoms with Crippen molar-refractivity contribution in [2.24, 2.45) is 0 Å². The van der Waals surface area contributed by atoms with Crippen molar-refractivity contribution < 1.29 is 4.74 Å². The molecule has 0 bridgehead atoms. The predicted molar refractivity (Wildman–Crippen MR) is 68.1 cm³/mol. The van der Waals surface area contributed by atoms with Gasteiger partial charge in [0.2, 0.25) is 0 Å². The van der Waals surface area contributed by atoms with Crippen LogP contribution in [0.15, 0.2) is 23.3 Å². The van der Waals surface area contributed by atoms with Gasteiger partial charge in [-0.3, -0.25) is 0 Å². The molecule has 0 rings (SSSR count). The highest BCUT2D eigenvalue weighted by Crippen LogP contribution is 2.06. The number of unbranched alkanes of at least 4 members (excludes halogenated alkanes) is 1. The second-order valence-electron chi connectivity index (χ2n) is 4.30. The molecule has 15 heavy (non-hydrogen) atoms. The molecule has 0 amide bonds. The van der Waals surface area contributed by atoms with Gasteiger partial charge in [0.25, 0.3) is 0 Å². The van der Waals surface area contributed by atoms with Crippen LogP contribution in [-0.4, -0.2) is 13.2 Å². The van der Waals surface area contributed by atoms with Crippen LogP contribution in [0.2, 0.25) is 0 Å². The molecule has 1 nitrogen and oxygen atoms in total. The van der Waals surface area contributed by atoms with Gasteiger partial charge in [0.1, 0.15) is 0 Å². The molecule has 0 aliphatic carbocycles. The largest absolute Gasteiger partial charge is 0.377 e. The van der Waals surface area contributed by atoms with E-state index >= 15 is 0 Å². The first kappa shape index (κ1) is 14.4. The number of rotatable bonds is 8. The lowest BCUT2D eigenvalue weighted by molar-refractivity contribution is 0.158. The zero-order valence-electron chi connectivity index (χ0n) is 10.8. The van der Waals surface area contributed by atoms with Crippen molar-refractivity contribution in [2.45, 2.75) is 53.4 Å². The van der Waals surface area contributed by atoms with Gasteiger partial charge in [-0.15, -0.1) is 0 Å². The number of ether oxygens (including phenoxy) is 1. The van der Waals surface area contributed by atoms with Crippen LogP contribution in [0.5, 0.6) is 0 Å². The molecule has 0 saturated heterocycles. The zero-order chi connectivity index (χ0) is 11.5. The Morgan fingerprint density at radius 3 is 2.47 bits per heavy atom. The number of hydrogen-bond donors (Lipinski definition) is 0. The molecule has 0 unspecified atom stereocenters. The van der Waals surface area contributed by atoms with Crippen molar-refractivity contribution in [3.63, 3.8) is 0 Å². The van der Waals surface area contributed by atoms with Crippen LogP contribution in [0.1, 0.15) is 53.4 Å². The monoisotopic (exact) mass is 210 g/mol. The van der Waals surface area contributed by atoms with E-state index in [0.29, 0.717) is 0 Å². The Bertz CT molecular complexity index is 197. The Morgan fingerprint density at radius 2 is 1.87 bits per heavy atom. The smallest absolute Gasteiger partial charge is 0.0649 e. The van der Waals surface area contributed by atoms with Crippen LogP contribution in [-0.2, 0) is 4.74 Å². The van der Waals surface area contributed by atoms with Crippen molar-refractivity contribution in [2.75, 3.05) is 13.2 Å². The van der Waals surface area contributed by atoms with Crippen molar-refractivity contribution in [1.29, 1.82) is 0 Å². The van der Waals surface area contributed by atoms with Gasteiger partial charge in [0, 0.05) is 6.61 Å². The highest BCUT2D eigenvalue weighted by molar-refractivity contribution is 5.02. The van der Waals surface area contributed by atoms with Crippen LogP contribution in [0, 0.1) is 0 Å². The minimum atomic E-state index is 0.778. The third kappa shape index (κ3) is 11.4. The summed E-state index contributed by atoms with van der Waals surface area (Å²) in [4.78, 5) is 0. The van der Waals surface area contributed by atoms with Crippen molar-refractivity contribution in [3.8, 4) is 0 Å². The Balaban J connectivity index is 3.48. The van der Waals surface area contributed by atoms with E-state index in [4.69, 9.17) is 4.74 Å². The maximum atomic E-state index is 5.48. The quantitative estimate of drug-likeness (QED) is 0.423. The maximum absolute atomic E-state index is 5.48. The Labute approximate surface area is 95.2 Å². The molecule has 0 saturated carbocycles. The molecule has 0 N–H and O–H groups in total. The molecule has 0 aliphatic heterocycles. The molecule has 0 aromatic heterocycles. The summed E-state index contributed by atoms with van der Waals surface area (Å²) in [6.45, 7) is 10.3. The molecule has 0 atom stereocenters. The van der Waals surface area contributed by atoms with Gasteiger partial charge in [-0.2, -0.15) is 0 Å². The van der Waals surface area contributed by atoms with Gasteiger partial charge < -0.3 is 4.74 Å². The van der Waals surface area contributed by atoms with Crippen LogP contribution < -0.4 is 0 Å². The predicted octanol–water partition coefficient (Wildman–Crippen LogP) is 4.50. The van der Waals surface area contributed by atoms with E-state index in [9.17, 15) is 0 Å². The van der Waals surface area contributed by atoms with E-state index in [1.807, 2.05) is 0 Å². The molecule has 0 radical (unpaired) electrons. The van der Waals surface area contributed by atoms with Gasteiger partial charge >= 0.3 is 0 Å². The van der Waals surface area contributed by atoms with Gasteiger partial charge in [-0.1, -0.05) is 36.6 Å². The van der Waals surface area contributed by atoms with E-state index < -0.39 is 0 Å². The average Bonchev–Trinajstić information content (AvgIpc) is 2.17. The summed E-state index contributed by atoms with van der Waals surface area (Å²) in [5, 5.41) is 0. The van der Waals surface area contributed by atoms with Gasteiger partial charge in [-0.25, -0.2) is 0 Å². The standard InChI is InChI=1S/C14H26O/c1-5-6-11-15-12-10-14(4)9-7-8-13(2)3/h8,10H,5-7,9,11-12H2,1-4H3. The van der Waals surface area contributed by atoms with Gasteiger partial charge in [0.05, 0.1) is 6.61 Å². The minimum Gasteiger partial charge on any atom is -0.377 e. The van der Waals surface area contributed by atoms with E-state index in [2.05, 4.69) is 39.8 Å². The summed E-state index contributed by atoms with van der Waals surface area (Å²) in [5.41, 5.74) is 2.84. The second kappa shape index (κ2) is 9.97. The first-order chi connectivity index (χ1) is 7.16. The molecule has 88 valence electrons. The summed E-state index contributed by atoms with van der Waals surface area (Å²) in [6.07, 6.45) is 9.18. The Morgan fingerprint density at radius 1 is 1.13 bits per heavy atom. The summed E-state index contributed by atoms with van der Waals surface area (Å²) >= 11 is 0. The van der Waals surface area contributed by atoms with E-state index in [1.54, 1.807) is 0 Å². The number of hydrogen-bond acceptors (Lipinski definition) is 1. The average molecular weight is 210 g/mol. The SMILES string of the molecule is CCCCOCC=C(C)CCC=C(C)C. The summed E-state index contributed by atoms with van der Waals surface area (Å²) in [6, 6.07) is 0. The van der Waals surface area contributed by atoms with Crippen LogP contribution in [0.4, 0.5) is 0 Å². The van der Waals surface area contributed by atoms with E-state index in [0.717, 1.165) is 26.1 Å². The first-order valence-corrected chi connectivity index (χ1v) is 6.03. The van der Waals surface area contributed by atoms with E-state index in [-0.39, 0.29) is 0 Å². The fourth-order valence-corrected chi connectivity index (χ4v) is 1.22. The van der Waals surface area contributed by atoms with Crippen molar-refractivity contribution >= 4 is 0 Å². The van der Waals surface area contributed by atoms with Crippen molar-refractivity contribution in [3.05, 3.63) is 23.3 Å². The summed E-state index contributed by atoms with van der Waals surface area (Å²) < 4.78 is 5.48. The van der Waals surface area contributed by atoms with Gasteiger partial charge in [-0.05, 0) is 40.0 Å². The lowest BCUT2D eigenvalue weighted by atomic mass is 10.1. The Kier molecular flexibility index (Phi) is 9.60. The molecule has 0 aromatic carbocycles. The summed E-state index contributed by atoms with van der Waals surface area (Å²) in [5.74, 6) is 0. The molecule has 0 fully saturated rings. The van der Waals surface area contributed by atoms with Crippen molar-refractivity contribution in [1.82, 2.24) is 0 Å².